The first kappa shape index (κ1) is 30.2. The number of carbonyl (C=O) groups excluding carboxylic acids is 2. The highest BCUT2D eigenvalue weighted by Gasteiger charge is 2.45. The van der Waals surface area contributed by atoms with Gasteiger partial charge in [0, 0.05) is 69.0 Å². The highest BCUT2D eigenvalue weighted by atomic mass is 32.1. The van der Waals surface area contributed by atoms with Gasteiger partial charge in [-0.2, -0.15) is 0 Å². The summed E-state index contributed by atoms with van der Waals surface area (Å²) in [6, 6.07) is 16.2. The largest absolute Gasteiger partial charge is 0.481 e. The van der Waals surface area contributed by atoms with Crippen LogP contribution in [0.25, 0.3) is 11.3 Å². The van der Waals surface area contributed by atoms with Crippen molar-refractivity contribution in [3.8, 4) is 11.3 Å². The van der Waals surface area contributed by atoms with Crippen LogP contribution in [0.4, 0.5) is 5.69 Å². The number of aliphatic carboxylic acids is 1. The monoisotopic (exact) mass is 616 g/mol. The third kappa shape index (κ3) is 6.80. The van der Waals surface area contributed by atoms with E-state index < -0.39 is 11.4 Å². The Hall–Kier alpha value is -3.80. The van der Waals surface area contributed by atoms with Crippen LogP contribution in [-0.2, 0) is 33.8 Å². The molecule has 6 rings (SSSR count). The van der Waals surface area contributed by atoms with Gasteiger partial charge < -0.3 is 25.1 Å². The number of nitrogens with one attached hydrogen (secondary N) is 1. The van der Waals surface area contributed by atoms with E-state index in [0.29, 0.717) is 19.4 Å². The quantitative estimate of drug-likeness (QED) is 0.378. The van der Waals surface area contributed by atoms with Crippen LogP contribution in [0.15, 0.2) is 53.9 Å². The lowest BCUT2D eigenvalue weighted by atomic mass is 9.80. The van der Waals surface area contributed by atoms with E-state index in [4.69, 9.17) is 4.98 Å². The zero-order chi connectivity index (χ0) is 30.7. The summed E-state index contributed by atoms with van der Waals surface area (Å²) >= 11 is 1.49. The maximum absolute atomic E-state index is 13.3. The van der Waals surface area contributed by atoms with Crippen LogP contribution in [0.2, 0.25) is 0 Å². The van der Waals surface area contributed by atoms with Gasteiger partial charge in [0.15, 0.2) is 0 Å². The first-order valence-electron chi connectivity index (χ1n) is 15.3. The number of nitrogens with zero attached hydrogens (tertiary/aromatic N) is 5. The van der Waals surface area contributed by atoms with E-state index in [9.17, 15) is 19.5 Å². The van der Waals surface area contributed by atoms with E-state index in [0.717, 1.165) is 85.4 Å². The molecule has 3 aliphatic rings. The summed E-state index contributed by atoms with van der Waals surface area (Å²) in [5.41, 5.74) is 4.13. The molecule has 232 valence electrons. The normalized spacial score (nSPS) is 18.7. The minimum Gasteiger partial charge on any atom is -0.481 e. The summed E-state index contributed by atoms with van der Waals surface area (Å²) in [5, 5.41) is 15.3. The molecule has 2 aliphatic heterocycles. The highest BCUT2D eigenvalue weighted by molar-refractivity contribution is 7.09. The number of likely N-dealkylation sites (N-methyl/N-ethyl adjacent to an activating group) is 1. The molecule has 3 aromatic rings. The second kappa shape index (κ2) is 13.1. The average Bonchev–Trinajstić information content (AvgIpc) is 3.65. The van der Waals surface area contributed by atoms with Crippen molar-refractivity contribution < 1.29 is 19.5 Å². The van der Waals surface area contributed by atoms with Gasteiger partial charge in [0.1, 0.15) is 5.01 Å². The lowest BCUT2D eigenvalue weighted by Crippen LogP contribution is -2.53. The number of benzene rings is 2. The van der Waals surface area contributed by atoms with E-state index in [2.05, 4.69) is 51.3 Å². The van der Waals surface area contributed by atoms with Crippen molar-refractivity contribution in [1.82, 2.24) is 25.0 Å². The SMILES string of the molecule is CN1CCN(C(=O)CN2CCN(c3ccc(-c4csc(CNC(=O)C5(CC(=O)O)Cc6ccccc6C5)n4)cc3)CC2)CC1. The number of aromatic nitrogens is 1. The summed E-state index contributed by atoms with van der Waals surface area (Å²) in [6.45, 7) is 7.77. The van der Waals surface area contributed by atoms with Gasteiger partial charge in [0.25, 0.3) is 0 Å². The van der Waals surface area contributed by atoms with Crippen LogP contribution in [0.5, 0.6) is 0 Å². The van der Waals surface area contributed by atoms with Gasteiger partial charge in [-0.15, -0.1) is 11.3 Å². The van der Waals surface area contributed by atoms with Crippen molar-refractivity contribution in [3.05, 3.63) is 70.0 Å². The van der Waals surface area contributed by atoms with E-state index in [1.807, 2.05) is 34.5 Å². The Kier molecular flexibility index (Phi) is 8.97. The highest BCUT2D eigenvalue weighted by Crippen LogP contribution is 2.40. The van der Waals surface area contributed by atoms with Gasteiger partial charge in [-0.1, -0.05) is 36.4 Å². The topological polar surface area (TPSA) is 109 Å². The third-order valence-electron chi connectivity index (χ3n) is 9.21. The zero-order valence-electron chi connectivity index (χ0n) is 25.2. The summed E-state index contributed by atoms with van der Waals surface area (Å²) in [7, 11) is 2.10. The van der Waals surface area contributed by atoms with Gasteiger partial charge >= 0.3 is 5.97 Å². The lowest BCUT2D eigenvalue weighted by molar-refractivity contribution is -0.145. The molecule has 0 spiro atoms. The van der Waals surface area contributed by atoms with Crippen molar-refractivity contribution in [2.24, 2.45) is 5.41 Å². The molecular weight excluding hydrogens is 576 g/mol. The Morgan fingerprint density at radius 2 is 1.57 bits per heavy atom. The summed E-state index contributed by atoms with van der Waals surface area (Å²) in [6.07, 6.45) is 0.661. The van der Waals surface area contributed by atoms with Crippen LogP contribution in [0.1, 0.15) is 22.6 Å². The molecule has 0 bridgehead atoms. The van der Waals surface area contributed by atoms with E-state index >= 15 is 0 Å². The molecule has 11 heteroatoms. The minimum absolute atomic E-state index is 0.202. The van der Waals surface area contributed by atoms with Gasteiger partial charge in [0.05, 0.1) is 30.6 Å². The molecule has 0 radical (unpaired) electrons. The summed E-state index contributed by atoms with van der Waals surface area (Å²) in [5.74, 6) is -0.964. The molecule has 0 unspecified atom stereocenters. The maximum atomic E-state index is 13.3. The first-order chi connectivity index (χ1) is 21.3. The van der Waals surface area contributed by atoms with Crippen molar-refractivity contribution in [2.45, 2.75) is 25.8 Å². The maximum Gasteiger partial charge on any atom is 0.304 e. The standard InChI is InChI=1S/C33H40N6O4S/c1-36-10-14-39(15-11-36)30(40)22-37-12-16-38(17-13-37)27-8-6-24(7-9-27)28-23-44-29(35-28)21-34-32(43)33(20-31(41)42)18-25-4-2-3-5-26(25)19-33/h2-9,23H,10-22H2,1H3,(H,34,43)(H,41,42). The van der Waals surface area contributed by atoms with E-state index in [1.54, 1.807) is 0 Å². The second-order valence-corrected chi connectivity index (χ2v) is 13.2. The number of hydrogen-bond donors (Lipinski definition) is 2. The minimum atomic E-state index is -0.975. The molecule has 0 saturated carbocycles. The molecule has 3 heterocycles. The van der Waals surface area contributed by atoms with E-state index in [-0.39, 0.29) is 24.8 Å². The smallest absolute Gasteiger partial charge is 0.304 e. The van der Waals surface area contributed by atoms with Crippen molar-refractivity contribution in [2.75, 3.05) is 70.9 Å². The van der Waals surface area contributed by atoms with E-state index in [1.165, 1.54) is 11.3 Å². The number of anilines is 1. The molecule has 2 aromatic carbocycles. The molecule has 0 atom stereocenters. The number of hydrogen-bond acceptors (Lipinski definition) is 8. The average molecular weight is 617 g/mol. The van der Waals surface area contributed by atoms with Crippen LogP contribution in [0.3, 0.4) is 0 Å². The Morgan fingerprint density at radius 1 is 0.909 bits per heavy atom. The number of fused-ring (bicyclic) bond motifs is 1. The van der Waals surface area contributed by atoms with Crippen LogP contribution < -0.4 is 10.2 Å². The van der Waals surface area contributed by atoms with Crippen molar-refractivity contribution in [1.29, 1.82) is 0 Å². The van der Waals surface area contributed by atoms with Gasteiger partial charge in [-0.25, -0.2) is 4.98 Å². The number of carboxylic acid groups (broad SMARTS) is 1. The van der Waals surface area contributed by atoms with Crippen molar-refractivity contribution >= 4 is 34.8 Å². The van der Waals surface area contributed by atoms with Crippen LogP contribution in [-0.4, -0.2) is 109 Å². The van der Waals surface area contributed by atoms with Crippen LogP contribution >= 0.6 is 11.3 Å². The van der Waals surface area contributed by atoms with Crippen LogP contribution in [0, 0.1) is 5.41 Å². The Labute approximate surface area is 262 Å². The number of rotatable bonds is 9. The fourth-order valence-corrected chi connectivity index (χ4v) is 7.31. The fraction of sp³-hybridized carbons (Fsp3) is 0.455. The van der Waals surface area contributed by atoms with Gasteiger partial charge in [0.2, 0.25) is 11.8 Å². The molecule has 2 fully saturated rings. The molecule has 2 amide bonds. The third-order valence-corrected chi connectivity index (χ3v) is 10.1. The molecular formula is C33H40N6O4S. The second-order valence-electron chi connectivity index (χ2n) is 12.3. The Balaban J connectivity index is 0.998. The number of amides is 2. The molecule has 44 heavy (non-hydrogen) atoms. The first-order valence-corrected chi connectivity index (χ1v) is 16.2. The summed E-state index contributed by atoms with van der Waals surface area (Å²) in [4.78, 5) is 51.4. The number of piperazine rings is 2. The molecule has 1 aromatic heterocycles. The lowest BCUT2D eigenvalue weighted by Gasteiger charge is -2.38. The van der Waals surface area contributed by atoms with Gasteiger partial charge in [-0.3, -0.25) is 19.3 Å². The molecule has 2 N–H and O–H groups in total. The summed E-state index contributed by atoms with van der Waals surface area (Å²) < 4.78 is 0. The Morgan fingerprint density at radius 3 is 2.20 bits per heavy atom. The predicted octanol–water partition coefficient (Wildman–Crippen LogP) is 2.58. The molecule has 2 saturated heterocycles. The Bertz CT molecular complexity index is 1470. The predicted molar refractivity (Wildman–Crippen MR) is 171 cm³/mol. The van der Waals surface area contributed by atoms with Gasteiger partial charge in [-0.05, 0) is 43.1 Å². The molecule has 10 nitrogen and oxygen atoms in total. The molecule has 1 aliphatic carbocycles. The zero-order valence-corrected chi connectivity index (χ0v) is 26.0. The number of thiazole rings is 1. The van der Waals surface area contributed by atoms with Crippen molar-refractivity contribution in [3.63, 3.8) is 0 Å². The number of carboxylic acids is 1. The fourth-order valence-electron chi connectivity index (χ4n) is 6.57. The number of carbonyl (C=O) groups is 3.